The molecular weight excluding hydrogens is 184 g/mol. The summed E-state index contributed by atoms with van der Waals surface area (Å²) in [4.78, 5) is 2.31. The predicted octanol–water partition coefficient (Wildman–Crippen LogP) is 3.05. The number of nitrogens with zero attached hydrogens (tertiary/aromatic N) is 2. The van der Waals surface area contributed by atoms with Crippen molar-refractivity contribution >= 4 is 0 Å². The predicted molar refractivity (Wildman–Crippen MR) is 63.4 cm³/mol. The zero-order valence-corrected chi connectivity index (χ0v) is 10.4. The maximum atomic E-state index is 9.29. The smallest absolute Gasteiger partial charge is 0.101 e. The average molecular weight is 208 g/mol. The molecule has 0 aromatic heterocycles. The van der Waals surface area contributed by atoms with E-state index in [2.05, 4.69) is 31.7 Å². The molecule has 2 heteroatoms. The lowest BCUT2D eigenvalue weighted by atomic mass is 9.79. The number of nitriles is 1. The van der Waals surface area contributed by atoms with Crippen LogP contribution >= 0.6 is 0 Å². The zero-order chi connectivity index (χ0) is 11.3. The molecule has 0 heterocycles. The maximum absolute atomic E-state index is 9.29. The Hall–Kier alpha value is -0.550. The zero-order valence-electron chi connectivity index (χ0n) is 10.4. The molecule has 1 unspecified atom stereocenters. The van der Waals surface area contributed by atoms with E-state index in [0.717, 1.165) is 19.0 Å². The fraction of sp³-hybridized carbons (Fsp3) is 0.923. The average Bonchev–Trinajstić information content (AvgIpc) is 2.27. The van der Waals surface area contributed by atoms with Crippen LogP contribution in [0.5, 0.6) is 0 Å². The molecular formula is C13H24N2. The van der Waals surface area contributed by atoms with Crippen molar-refractivity contribution in [1.82, 2.24) is 4.90 Å². The lowest BCUT2D eigenvalue weighted by Crippen LogP contribution is -2.40. The molecule has 0 bridgehead atoms. The van der Waals surface area contributed by atoms with Gasteiger partial charge in [0.1, 0.15) is 6.04 Å². The Morgan fingerprint density at radius 3 is 2.13 bits per heavy atom. The monoisotopic (exact) mass is 208 g/mol. The third-order valence-corrected chi connectivity index (χ3v) is 3.85. The molecule has 0 aliphatic heterocycles. The molecule has 1 rings (SSSR count). The molecule has 2 nitrogen and oxygen atoms in total. The summed E-state index contributed by atoms with van der Waals surface area (Å²) in [5.41, 5.74) is 0. The highest BCUT2D eigenvalue weighted by Gasteiger charge is 2.28. The SMILES string of the molecule is CCN(CC)C(C#N)C1CCC(C)CC1. The van der Waals surface area contributed by atoms with Crippen molar-refractivity contribution in [2.24, 2.45) is 11.8 Å². The van der Waals surface area contributed by atoms with Gasteiger partial charge in [-0.15, -0.1) is 0 Å². The molecule has 0 saturated heterocycles. The summed E-state index contributed by atoms with van der Waals surface area (Å²) in [6.45, 7) is 8.63. The number of rotatable bonds is 4. The molecule has 0 N–H and O–H groups in total. The van der Waals surface area contributed by atoms with E-state index in [1.54, 1.807) is 0 Å². The summed E-state index contributed by atoms with van der Waals surface area (Å²) >= 11 is 0. The van der Waals surface area contributed by atoms with Crippen molar-refractivity contribution in [2.75, 3.05) is 13.1 Å². The van der Waals surface area contributed by atoms with E-state index in [4.69, 9.17) is 0 Å². The van der Waals surface area contributed by atoms with Crippen molar-refractivity contribution in [1.29, 1.82) is 5.26 Å². The second-order valence-electron chi connectivity index (χ2n) is 4.82. The van der Waals surface area contributed by atoms with Crippen LogP contribution in [0.1, 0.15) is 46.5 Å². The van der Waals surface area contributed by atoms with E-state index >= 15 is 0 Å². The van der Waals surface area contributed by atoms with Crippen molar-refractivity contribution in [3.05, 3.63) is 0 Å². The Balaban J connectivity index is 2.55. The van der Waals surface area contributed by atoms with Gasteiger partial charge < -0.3 is 0 Å². The fourth-order valence-corrected chi connectivity index (χ4v) is 2.70. The highest BCUT2D eigenvalue weighted by atomic mass is 15.1. The lowest BCUT2D eigenvalue weighted by Gasteiger charge is -2.35. The normalized spacial score (nSPS) is 28.7. The Kier molecular flexibility index (Phi) is 5.11. The fourth-order valence-electron chi connectivity index (χ4n) is 2.70. The second-order valence-corrected chi connectivity index (χ2v) is 4.82. The highest BCUT2D eigenvalue weighted by molar-refractivity contribution is 4.97. The summed E-state index contributed by atoms with van der Waals surface area (Å²) < 4.78 is 0. The van der Waals surface area contributed by atoms with Crippen molar-refractivity contribution in [2.45, 2.75) is 52.5 Å². The Morgan fingerprint density at radius 2 is 1.73 bits per heavy atom. The molecule has 0 radical (unpaired) electrons. The van der Waals surface area contributed by atoms with E-state index in [9.17, 15) is 5.26 Å². The van der Waals surface area contributed by atoms with Crippen LogP contribution in [0.2, 0.25) is 0 Å². The van der Waals surface area contributed by atoms with Gasteiger partial charge in [-0.25, -0.2) is 0 Å². The Labute approximate surface area is 94.3 Å². The molecule has 1 aliphatic carbocycles. The highest BCUT2D eigenvalue weighted by Crippen LogP contribution is 2.32. The summed E-state index contributed by atoms with van der Waals surface area (Å²) in [5, 5.41) is 9.29. The van der Waals surface area contributed by atoms with Gasteiger partial charge in [0.25, 0.3) is 0 Å². The quantitative estimate of drug-likeness (QED) is 0.710. The van der Waals surface area contributed by atoms with Crippen molar-refractivity contribution in [3.63, 3.8) is 0 Å². The molecule has 1 aliphatic rings. The summed E-state index contributed by atoms with van der Waals surface area (Å²) in [6.07, 6.45) is 5.11. The molecule has 15 heavy (non-hydrogen) atoms. The first-order valence-electron chi connectivity index (χ1n) is 6.36. The third-order valence-electron chi connectivity index (χ3n) is 3.85. The minimum absolute atomic E-state index is 0.160. The van der Waals surface area contributed by atoms with Gasteiger partial charge in [0.2, 0.25) is 0 Å². The first-order valence-corrected chi connectivity index (χ1v) is 6.36. The van der Waals surface area contributed by atoms with E-state index in [0.29, 0.717) is 5.92 Å². The van der Waals surface area contributed by atoms with Gasteiger partial charge in [0.15, 0.2) is 0 Å². The first-order chi connectivity index (χ1) is 7.22. The van der Waals surface area contributed by atoms with Crippen LogP contribution in [0.3, 0.4) is 0 Å². The van der Waals surface area contributed by atoms with Crippen LogP contribution in [-0.2, 0) is 0 Å². The first kappa shape index (κ1) is 12.5. The molecule has 1 fully saturated rings. The topological polar surface area (TPSA) is 27.0 Å². The largest absolute Gasteiger partial charge is 0.288 e. The van der Waals surface area contributed by atoms with E-state index in [1.807, 2.05) is 0 Å². The van der Waals surface area contributed by atoms with Gasteiger partial charge >= 0.3 is 0 Å². The molecule has 0 amide bonds. The van der Waals surface area contributed by atoms with Gasteiger partial charge in [-0.05, 0) is 37.8 Å². The van der Waals surface area contributed by atoms with Crippen LogP contribution in [0.25, 0.3) is 0 Å². The molecule has 1 atom stereocenters. The summed E-state index contributed by atoms with van der Waals surface area (Å²) in [5.74, 6) is 1.49. The minimum atomic E-state index is 0.160. The van der Waals surface area contributed by atoms with Crippen molar-refractivity contribution < 1.29 is 0 Å². The van der Waals surface area contributed by atoms with Crippen LogP contribution in [0.4, 0.5) is 0 Å². The van der Waals surface area contributed by atoms with Gasteiger partial charge in [0, 0.05) is 0 Å². The van der Waals surface area contributed by atoms with Gasteiger partial charge in [0.05, 0.1) is 6.07 Å². The number of hydrogen-bond acceptors (Lipinski definition) is 2. The van der Waals surface area contributed by atoms with Crippen LogP contribution in [-0.4, -0.2) is 24.0 Å². The molecule has 1 saturated carbocycles. The van der Waals surface area contributed by atoms with E-state index < -0.39 is 0 Å². The maximum Gasteiger partial charge on any atom is 0.101 e. The van der Waals surface area contributed by atoms with E-state index in [1.165, 1.54) is 25.7 Å². The van der Waals surface area contributed by atoms with E-state index in [-0.39, 0.29) is 6.04 Å². The summed E-state index contributed by atoms with van der Waals surface area (Å²) in [7, 11) is 0. The molecule has 0 spiro atoms. The standard InChI is InChI=1S/C13H24N2/c1-4-15(5-2)13(10-14)12-8-6-11(3)7-9-12/h11-13H,4-9H2,1-3H3. The van der Waals surface area contributed by atoms with Crippen LogP contribution in [0.15, 0.2) is 0 Å². The molecule has 0 aromatic rings. The second kappa shape index (κ2) is 6.12. The molecule has 0 aromatic carbocycles. The molecule has 86 valence electrons. The van der Waals surface area contributed by atoms with Gasteiger partial charge in [-0.3, -0.25) is 4.90 Å². The lowest BCUT2D eigenvalue weighted by molar-refractivity contribution is 0.153. The van der Waals surface area contributed by atoms with Gasteiger partial charge in [-0.1, -0.05) is 33.6 Å². The Bertz CT molecular complexity index is 207. The van der Waals surface area contributed by atoms with Crippen LogP contribution in [0, 0.1) is 23.2 Å². The van der Waals surface area contributed by atoms with Gasteiger partial charge in [-0.2, -0.15) is 5.26 Å². The minimum Gasteiger partial charge on any atom is -0.288 e. The van der Waals surface area contributed by atoms with Crippen LogP contribution < -0.4 is 0 Å². The van der Waals surface area contributed by atoms with Crippen molar-refractivity contribution in [3.8, 4) is 6.07 Å². The number of hydrogen-bond donors (Lipinski definition) is 0. The third kappa shape index (κ3) is 3.21. The Morgan fingerprint density at radius 1 is 1.20 bits per heavy atom. The summed E-state index contributed by atoms with van der Waals surface area (Å²) in [6, 6.07) is 2.67.